The van der Waals surface area contributed by atoms with E-state index in [0.717, 1.165) is 10.2 Å². The molecule has 19 heavy (non-hydrogen) atoms. The number of H-pyrrole nitrogens is 1. The third-order valence-electron chi connectivity index (χ3n) is 2.42. The molecule has 0 saturated carbocycles. The highest BCUT2D eigenvalue weighted by atomic mass is 79.9. The molecule has 0 amide bonds. The SMILES string of the molecule is O=S(=O)(NCCc1cnc[nH]1)c1ccc(Br)cc1Cl. The van der Waals surface area contributed by atoms with Gasteiger partial charge >= 0.3 is 0 Å². The molecule has 0 bridgehead atoms. The van der Waals surface area contributed by atoms with Crippen molar-refractivity contribution < 1.29 is 8.42 Å². The first-order valence-electron chi connectivity index (χ1n) is 5.41. The predicted octanol–water partition coefficient (Wildman–Crippen LogP) is 2.35. The zero-order chi connectivity index (χ0) is 13.9. The Hall–Kier alpha value is -0.890. The Labute approximate surface area is 124 Å². The fourth-order valence-corrected chi connectivity index (χ4v) is 3.58. The molecule has 8 heteroatoms. The zero-order valence-corrected chi connectivity index (χ0v) is 12.9. The zero-order valence-electron chi connectivity index (χ0n) is 9.73. The highest BCUT2D eigenvalue weighted by molar-refractivity contribution is 9.10. The molecule has 1 aromatic heterocycles. The fraction of sp³-hybridized carbons (Fsp3) is 0.182. The number of aromatic amines is 1. The Balaban J connectivity index is 2.05. The normalized spacial score (nSPS) is 11.7. The van der Waals surface area contributed by atoms with E-state index in [0.29, 0.717) is 6.42 Å². The minimum Gasteiger partial charge on any atom is -0.348 e. The monoisotopic (exact) mass is 363 g/mol. The van der Waals surface area contributed by atoms with Crippen LogP contribution in [-0.2, 0) is 16.4 Å². The molecule has 0 unspecified atom stereocenters. The van der Waals surface area contributed by atoms with Crippen LogP contribution in [0.1, 0.15) is 5.69 Å². The number of rotatable bonds is 5. The summed E-state index contributed by atoms with van der Waals surface area (Å²) in [7, 11) is -3.60. The molecule has 0 fully saturated rings. The average Bonchev–Trinajstić information content (AvgIpc) is 2.81. The summed E-state index contributed by atoms with van der Waals surface area (Å²) in [5, 5.41) is 0.184. The van der Waals surface area contributed by atoms with Crippen molar-refractivity contribution in [1.29, 1.82) is 0 Å². The summed E-state index contributed by atoms with van der Waals surface area (Å²) in [4.78, 5) is 6.84. The van der Waals surface area contributed by atoms with Crippen LogP contribution >= 0.6 is 27.5 Å². The van der Waals surface area contributed by atoms with Gasteiger partial charge in [0.25, 0.3) is 0 Å². The number of imidazole rings is 1. The molecular formula is C11H11BrClN3O2S. The Morgan fingerprint density at radius 1 is 1.42 bits per heavy atom. The lowest BCUT2D eigenvalue weighted by Crippen LogP contribution is -2.26. The van der Waals surface area contributed by atoms with Crippen molar-refractivity contribution in [3.63, 3.8) is 0 Å². The van der Waals surface area contributed by atoms with Crippen LogP contribution in [0.3, 0.4) is 0 Å². The third kappa shape index (κ3) is 3.79. The smallest absolute Gasteiger partial charge is 0.242 e. The van der Waals surface area contributed by atoms with E-state index in [1.807, 2.05) is 0 Å². The number of benzene rings is 1. The first-order valence-corrected chi connectivity index (χ1v) is 8.06. The molecule has 0 radical (unpaired) electrons. The molecule has 2 rings (SSSR count). The molecule has 0 spiro atoms. The van der Waals surface area contributed by atoms with Crippen molar-refractivity contribution in [2.24, 2.45) is 0 Å². The Morgan fingerprint density at radius 3 is 2.84 bits per heavy atom. The number of nitrogens with zero attached hydrogens (tertiary/aromatic N) is 1. The molecule has 0 aliphatic rings. The molecule has 1 heterocycles. The summed E-state index contributed by atoms with van der Waals surface area (Å²) in [6, 6.07) is 4.64. The highest BCUT2D eigenvalue weighted by Gasteiger charge is 2.17. The molecule has 0 aliphatic carbocycles. The molecular weight excluding hydrogens is 354 g/mol. The van der Waals surface area contributed by atoms with E-state index in [9.17, 15) is 8.42 Å². The van der Waals surface area contributed by atoms with Gasteiger partial charge < -0.3 is 4.98 Å². The lowest BCUT2D eigenvalue weighted by atomic mass is 10.3. The van der Waals surface area contributed by atoms with Crippen LogP contribution in [0.25, 0.3) is 0 Å². The van der Waals surface area contributed by atoms with E-state index in [2.05, 4.69) is 30.6 Å². The number of halogens is 2. The van der Waals surface area contributed by atoms with E-state index in [1.165, 1.54) is 6.07 Å². The fourth-order valence-electron chi connectivity index (χ4n) is 1.51. The molecule has 0 atom stereocenters. The second kappa shape index (κ2) is 6.04. The van der Waals surface area contributed by atoms with Gasteiger partial charge in [0.1, 0.15) is 4.90 Å². The predicted molar refractivity (Wildman–Crippen MR) is 76.6 cm³/mol. The number of hydrogen-bond acceptors (Lipinski definition) is 3. The van der Waals surface area contributed by atoms with Gasteiger partial charge in [-0.2, -0.15) is 0 Å². The number of nitrogens with one attached hydrogen (secondary N) is 2. The van der Waals surface area contributed by atoms with Crippen molar-refractivity contribution in [3.8, 4) is 0 Å². The molecule has 0 aliphatic heterocycles. The molecule has 1 aromatic carbocycles. The van der Waals surface area contributed by atoms with Gasteiger partial charge in [0, 0.05) is 29.3 Å². The van der Waals surface area contributed by atoms with Gasteiger partial charge in [0.15, 0.2) is 0 Å². The minimum absolute atomic E-state index is 0.0713. The molecule has 102 valence electrons. The van der Waals surface area contributed by atoms with Crippen LogP contribution < -0.4 is 4.72 Å². The summed E-state index contributed by atoms with van der Waals surface area (Å²) < 4.78 is 27.3. The quantitative estimate of drug-likeness (QED) is 0.855. The van der Waals surface area contributed by atoms with Gasteiger partial charge in [-0.15, -0.1) is 0 Å². The lowest BCUT2D eigenvalue weighted by Gasteiger charge is -2.08. The summed E-state index contributed by atoms with van der Waals surface area (Å²) in [5.41, 5.74) is 0.865. The summed E-state index contributed by atoms with van der Waals surface area (Å²) in [6.07, 6.45) is 3.74. The van der Waals surface area contributed by atoms with Gasteiger partial charge in [0.05, 0.1) is 11.3 Å². The first-order chi connectivity index (χ1) is 8.99. The largest absolute Gasteiger partial charge is 0.348 e. The second-order valence-electron chi connectivity index (χ2n) is 3.80. The van der Waals surface area contributed by atoms with Crippen LogP contribution in [0, 0.1) is 0 Å². The third-order valence-corrected chi connectivity index (χ3v) is 4.86. The maximum absolute atomic E-state index is 12.1. The van der Waals surface area contributed by atoms with E-state index in [1.54, 1.807) is 24.7 Å². The van der Waals surface area contributed by atoms with Gasteiger partial charge in [-0.1, -0.05) is 27.5 Å². The standard InChI is InChI=1S/C11H11BrClN3O2S/c12-8-1-2-11(10(13)5-8)19(17,18)16-4-3-9-6-14-7-15-9/h1-2,5-7,16H,3-4H2,(H,14,15). The number of aromatic nitrogens is 2. The van der Waals surface area contributed by atoms with Crippen molar-refractivity contribution in [2.75, 3.05) is 6.54 Å². The van der Waals surface area contributed by atoms with Gasteiger partial charge in [0.2, 0.25) is 10.0 Å². The summed E-state index contributed by atoms with van der Waals surface area (Å²) in [6.45, 7) is 0.275. The van der Waals surface area contributed by atoms with Crippen LogP contribution in [0.4, 0.5) is 0 Å². The second-order valence-corrected chi connectivity index (χ2v) is 6.86. The first kappa shape index (κ1) is 14.5. The van der Waals surface area contributed by atoms with E-state index in [-0.39, 0.29) is 16.5 Å². The average molecular weight is 365 g/mol. The van der Waals surface area contributed by atoms with Crippen LogP contribution in [0.15, 0.2) is 40.1 Å². The highest BCUT2D eigenvalue weighted by Crippen LogP contribution is 2.24. The van der Waals surface area contributed by atoms with E-state index >= 15 is 0 Å². The van der Waals surface area contributed by atoms with Gasteiger partial charge in [-0.05, 0) is 18.2 Å². The Bertz CT molecular complexity index is 659. The van der Waals surface area contributed by atoms with Crippen LogP contribution in [0.2, 0.25) is 5.02 Å². The Kier molecular flexibility index (Phi) is 4.62. The molecule has 2 N–H and O–H groups in total. The Morgan fingerprint density at radius 2 is 2.21 bits per heavy atom. The van der Waals surface area contributed by atoms with Gasteiger partial charge in [-0.25, -0.2) is 18.1 Å². The molecule has 2 aromatic rings. The van der Waals surface area contributed by atoms with Gasteiger partial charge in [-0.3, -0.25) is 0 Å². The number of hydrogen-bond donors (Lipinski definition) is 2. The maximum Gasteiger partial charge on any atom is 0.242 e. The van der Waals surface area contributed by atoms with Crippen molar-refractivity contribution in [3.05, 3.63) is 45.9 Å². The maximum atomic E-state index is 12.1. The van der Waals surface area contributed by atoms with Crippen molar-refractivity contribution in [2.45, 2.75) is 11.3 Å². The summed E-state index contributed by atoms with van der Waals surface area (Å²) in [5.74, 6) is 0. The van der Waals surface area contributed by atoms with Crippen molar-refractivity contribution in [1.82, 2.24) is 14.7 Å². The minimum atomic E-state index is -3.60. The topological polar surface area (TPSA) is 74.8 Å². The lowest BCUT2D eigenvalue weighted by molar-refractivity contribution is 0.581. The molecule has 0 saturated heterocycles. The summed E-state index contributed by atoms with van der Waals surface area (Å²) >= 11 is 9.16. The van der Waals surface area contributed by atoms with E-state index in [4.69, 9.17) is 11.6 Å². The van der Waals surface area contributed by atoms with Crippen LogP contribution in [-0.4, -0.2) is 24.9 Å². The number of sulfonamides is 1. The van der Waals surface area contributed by atoms with Crippen LogP contribution in [0.5, 0.6) is 0 Å². The van der Waals surface area contributed by atoms with Crippen molar-refractivity contribution >= 4 is 37.6 Å². The van der Waals surface area contributed by atoms with E-state index < -0.39 is 10.0 Å². The molecule has 5 nitrogen and oxygen atoms in total.